The van der Waals surface area contributed by atoms with Gasteiger partial charge in [0.1, 0.15) is 6.10 Å². The Hall–Kier alpha value is -2.55. The molecular formula is C20H21NO2. The van der Waals surface area contributed by atoms with Gasteiger partial charge in [0.2, 0.25) is 0 Å². The van der Waals surface area contributed by atoms with Crippen molar-refractivity contribution in [3.8, 4) is 5.75 Å². The summed E-state index contributed by atoms with van der Waals surface area (Å²) in [7, 11) is 0. The number of carbonyl (C=O) groups excluding carboxylic acids is 1. The molecule has 0 aromatic heterocycles. The first-order chi connectivity index (χ1) is 11.2. The number of nitrogens with zero attached hydrogens (tertiary/aromatic N) is 1. The standard InChI is InChI=1S/C20H21NO2/c1-3-9-15-12-8-13-18-19(15)23-17(4-2)14-21(18)20(22)16-10-6-5-7-11-16/h3,5-13,17H,4,14H2,1-2H3/b9-3+. The molecule has 3 nitrogen and oxygen atoms in total. The molecule has 1 aliphatic heterocycles. The summed E-state index contributed by atoms with van der Waals surface area (Å²) in [5.41, 5.74) is 2.56. The molecule has 0 radical (unpaired) electrons. The summed E-state index contributed by atoms with van der Waals surface area (Å²) in [6.07, 6.45) is 4.88. The number of carbonyl (C=O) groups is 1. The molecule has 0 fully saturated rings. The van der Waals surface area contributed by atoms with Crippen LogP contribution in [-0.4, -0.2) is 18.6 Å². The van der Waals surface area contributed by atoms with Gasteiger partial charge in [-0.2, -0.15) is 0 Å². The molecule has 0 saturated heterocycles. The van der Waals surface area contributed by atoms with Crippen molar-refractivity contribution in [3.05, 3.63) is 65.7 Å². The Kier molecular flexibility index (Phi) is 4.47. The van der Waals surface area contributed by atoms with Crippen LogP contribution >= 0.6 is 0 Å². The minimum atomic E-state index is 0.0153. The smallest absolute Gasteiger partial charge is 0.258 e. The third-order valence-corrected chi connectivity index (χ3v) is 4.05. The van der Waals surface area contributed by atoms with Gasteiger partial charge in [-0.05, 0) is 31.5 Å². The van der Waals surface area contributed by atoms with Gasteiger partial charge in [0.25, 0.3) is 5.91 Å². The van der Waals surface area contributed by atoms with Crippen molar-refractivity contribution >= 4 is 17.7 Å². The summed E-state index contributed by atoms with van der Waals surface area (Å²) in [6.45, 7) is 4.64. The number of rotatable bonds is 3. The fourth-order valence-corrected chi connectivity index (χ4v) is 2.84. The highest BCUT2D eigenvalue weighted by Gasteiger charge is 2.30. The molecule has 0 saturated carbocycles. The maximum Gasteiger partial charge on any atom is 0.258 e. The molecule has 1 heterocycles. The lowest BCUT2D eigenvalue weighted by atomic mass is 10.1. The van der Waals surface area contributed by atoms with Crippen LogP contribution in [0, 0.1) is 0 Å². The first-order valence-corrected chi connectivity index (χ1v) is 8.04. The SMILES string of the molecule is C/C=C/c1cccc2c1OC(CC)CN2C(=O)c1ccccc1. The highest BCUT2D eigenvalue weighted by atomic mass is 16.5. The van der Waals surface area contributed by atoms with E-state index in [1.807, 2.05) is 72.5 Å². The number of amides is 1. The van der Waals surface area contributed by atoms with Gasteiger partial charge >= 0.3 is 0 Å². The van der Waals surface area contributed by atoms with Crippen molar-refractivity contribution < 1.29 is 9.53 Å². The van der Waals surface area contributed by atoms with Gasteiger partial charge in [0.15, 0.2) is 5.75 Å². The molecule has 1 atom stereocenters. The molecule has 0 spiro atoms. The van der Waals surface area contributed by atoms with E-state index in [0.29, 0.717) is 12.1 Å². The van der Waals surface area contributed by atoms with Gasteiger partial charge < -0.3 is 9.64 Å². The van der Waals surface area contributed by atoms with E-state index >= 15 is 0 Å². The van der Waals surface area contributed by atoms with E-state index in [1.165, 1.54) is 0 Å². The lowest BCUT2D eigenvalue weighted by Crippen LogP contribution is -2.43. The van der Waals surface area contributed by atoms with Crippen LogP contribution in [0.2, 0.25) is 0 Å². The first-order valence-electron chi connectivity index (χ1n) is 8.04. The highest BCUT2D eigenvalue weighted by Crippen LogP contribution is 2.38. The molecule has 3 rings (SSSR count). The molecule has 0 aliphatic carbocycles. The minimum absolute atomic E-state index is 0.0153. The fourth-order valence-electron chi connectivity index (χ4n) is 2.84. The second kappa shape index (κ2) is 6.69. The van der Waals surface area contributed by atoms with Crippen LogP contribution in [0.5, 0.6) is 5.75 Å². The molecule has 118 valence electrons. The minimum Gasteiger partial charge on any atom is -0.486 e. The van der Waals surface area contributed by atoms with Gasteiger partial charge in [-0.3, -0.25) is 4.79 Å². The molecule has 0 bridgehead atoms. The van der Waals surface area contributed by atoms with Crippen LogP contribution < -0.4 is 9.64 Å². The Morgan fingerprint density at radius 3 is 2.70 bits per heavy atom. The van der Waals surface area contributed by atoms with Crippen LogP contribution in [0.1, 0.15) is 36.2 Å². The molecule has 1 unspecified atom stereocenters. The van der Waals surface area contributed by atoms with E-state index in [2.05, 4.69) is 6.92 Å². The Labute approximate surface area is 137 Å². The Balaban J connectivity index is 2.06. The molecule has 2 aromatic rings. The lowest BCUT2D eigenvalue weighted by molar-refractivity contribution is 0.0954. The van der Waals surface area contributed by atoms with Crippen LogP contribution in [0.25, 0.3) is 6.08 Å². The molecule has 0 N–H and O–H groups in total. The number of anilines is 1. The summed E-state index contributed by atoms with van der Waals surface area (Å²) in [5.74, 6) is 0.819. The summed E-state index contributed by atoms with van der Waals surface area (Å²) in [5, 5.41) is 0. The van der Waals surface area contributed by atoms with Crippen LogP contribution in [0.3, 0.4) is 0 Å². The van der Waals surface area contributed by atoms with Crippen molar-refractivity contribution in [1.82, 2.24) is 0 Å². The maximum atomic E-state index is 12.9. The van der Waals surface area contributed by atoms with Gasteiger partial charge in [-0.25, -0.2) is 0 Å². The van der Waals surface area contributed by atoms with Gasteiger partial charge in [-0.1, -0.05) is 49.4 Å². The Morgan fingerprint density at radius 1 is 1.22 bits per heavy atom. The molecule has 3 heteroatoms. The number of fused-ring (bicyclic) bond motifs is 1. The fraction of sp³-hybridized carbons (Fsp3) is 0.250. The van der Waals surface area contributed by atoms with Gasteiger partial charge in [0, 0.05) is 11.1 Å². The van der Waals surface area contributed by atoms with E-state index < -0.39 is 0 Å². The predicted octanol–water partition coefficient (Wildman–Crippen LogP) is 4.54. The second-order valence-electron chi connectivity index (χ2n) is 5.63. The zero-order valence-corrected chi connectivity index (χ0v) is 13.5. The van der Waals surface area contributed by atoms with E-state index in [1.54, 1.807) is 0 Å². The number of allylic oxidation sites excluding steroid dienone is 1. The highest BCUT2D eigenvalue weighted by molar-refractivity contribution is 6.07. The average Bonchev–Trinajstić information content (AvgIpc) is 2.61. The molecule has 23 heavy (non-hydrogen) atoms. The normalized spacial score (nSPS) is 17.0. The lowest BCUT2D eigenvalue weighted by Gasteiger charge is -2.35. The zero-order chi connectivity index (χ0) is 16.2. The Bertz CT molecular complexity index is 722. The van der Waals surface area contributed by atoms with Crippen LogP contribution in [0.4, 0.5) is 5.69 Å². The largest absolute Gasteiger partial charge is 0.486 e. The van der Waals surface area contributed by atoms with Gasteiger partial charge in [0.05, 0.1) is 12.2 Å². The summed E-state index contributed by atoms with van der Waals surface area (Å²) < 4.78 is 6.14. The first kappa shape index (κ1) is 15.3. The summed E-state index contributed by atoms with van der Waals surface area (Å²) >= 11 is 0. The third-order valence-electron chi connectivity index (χ3n) is 4.05. The third kappa shape index (κ3) is 3.00. The van der Waals surface area contributed by atoms with Crippen molar-refractivity contribution in [2.45, 2.75) is 26.4 Å². The molecule has 1 amide bonds. The number of hydrogen-bond donors (Lipinski definition) is 0. The molecule has 1 aliphatic rings. The van der Waals surface area contributed by atoms with Crippen LogP contribution in [-0.2, 0) is 0 Å². The number of benzene rings is 2. The molecular weight excluding hydrogens is 286 g/mol. The average molecular weight is 307 g/mol. The topological polar surface area (TPSA) is 29.5 Å². The van der Waals surface area contributed by atoms with Crippen LogP contribution in [0.15, 0.2) is 54.6 Å². The molecule has 2 aromatic carbocycles. The predicted molar refractivity (Wildman–Crippen MR) is 94.0 cm³/mol. The van der Waals surface area contributed by atoms with Gasteiger partial charge in [-0.15, -0.1) is 0 Å². The maximum absolute atomic E-state index is 12.9. The quantitative estimate of drug-likeness (QED) is 0.833. The second-order valence-corrected chi connectivity index (χ2v) is 5.63. The number of ether oxygens (including phenoxy) is 1. The van der Waals surface area contributed by atoms with Crippen molar-refractivity contribution in [2.24, 2.45) is 0 Å². The number of para-hydroxylation sites is 1. The zero-order valence-electron chi connectivity index (χ0n) is 13.5. The Morgan fingerprint density at radius 2 is 2.00 bits per heavy atom. The van der Waals surface area contributed by atoms with E-state index in [-0.39, 0.29) is 12.0 Å². The summed E-state index contributed by atoms with van der Waals surface area (Å²) in [6, 6.07) is 15.3. The number of hydrogen-bond acceptors (Lipinski definition) is 2. The van der Waals surface area contributed by atoms with Crippen molar-refractivity contribution in [2.75, 3.05) is 11.4 Å². The monoisotopic (exact) mass is 307 g/mol. The summed E-state index contributed by atoms with van der Waals surface area (Å²) in [4.78, 5) is 14.8. The van der Waals surface area contributed by atoms with Crippen molar-refractivity contribution in [1.29, 1.82) is 0 Å². The van der Waals surface area contributed by atoms with E-state index in [4.69, 9.17) is 4.74 Å². The van der Waals surface area contributed by atoms with E-state index in [0.717, 1.165) is 23.4 Å². The van der Waals surface area contributed by atoms with E-state index in [9.17, 15) is 4.79 Å². The van der Waals surface area contributed by atoms with Crippen molar-refractivity contribution in [3.63, 3.8) is 0 Å².